The van der Waals surface area contributed by atoms with Crippen LogP contribution in [0.4, 0.5) is 5.69 Å². The van der Waals surface area contributed by atoms with Crippen molar-refractivity contribution in [2.24, 2.45) is 0 Å². The number of anilines is 1. The van der Waals surface area contributed by atoms with Crippen molar-refractivity contribution >= 4 is 5.69 Å². The molecular weight excluding hydrogens is 224 g/mol. The fourth-order valence-electron chi connectivity index (χ4n) is 2.90. The van der Waals surface area contributed by atoms with Gasteiger partial charge < -0.3 is 15.0 Å². The summed E-state index contributed by atoms with van der Waals surface area (Å²) in [5.41, 5.74) is 1.44. The van der Waals surface area contributed by atoms with Crippen molar-refractivity contribution in [3.63, 3.8) is 0 Å². The minimum atomic E-state index is 0.273. The van der Waals surface area contributed by atoms with Crippen LogP contribution >= 0.6 is 0 Å². The summed E-state index contributed by atoms with van der Waals surface area (Å²) in [5, 5.41) is 3.68. The zero-order valence-corrected chi connectivity index (χ0v) is 11.7. The fourth-order valence-corrected chi connectivity index (χ4v) is 2.90. The molecule has 1 heterocycles. The average molecular weight is 248 g/mol. The molecule has 1 aliphatic heterocycles. The number of methoxy groups -OCH3 is 1. The van der Waals surface area contributed by atoms with Gasteiger partial charge in [0.05, 0.1) is 12.8 Å². The first-order valence-electron chi connectivity index (χ1n) is 6.80. The number of hydrogen-bond acceptors (Lipinski definition) is 3. The summed E-state index contributed by atoms with van der Waals surface area (Å²) in [4.78, 5) is 2.31. The van der Waals surface area contributed by atoms with Crippen LogP contribution in [0.2, 0.25) is 0 Å². The van der Waals surface area contributed by atoms with E-state index in [9.17, 15) is 0 Å². The maximum absolute atomic E-state index is 5.44. The van der Waals surface area contributed by atoms with Crippen LogP contribution in [-0.2, 0) is 0 Å². The van der Waals surface area contributed by atoms with E-state index in [1.807, 2.05) is 12.1 Å². The van der Waals surface area contributed by atoms with E-state index in [1.54, 1.807) is 7.11 Å². The normalized spacial score (nSPS) is 23.1. The molecule has 1 fully saturated rings. The van der Waals surface area contributed by atoms with Gasteiger partial charge in [0.25, 0.3) is 0 Å². The Kier molecular flexibility index (Phi) is 4.12. The van der Waals surface area contributed by atoms with Crippen molar-refractivity contribution in [3.8, 4) is 5.75 Å². The summed E-state index contributed by atoms with van der Waals surface area (Å²) >= 11 is 0. The summed E-state index contributed by atoms with van der Waals surface area (Å²) < 4.78 is 5.44. The van der Waals surface area contributed by atoms with Crippen LogP contribution in [0.25, 0.3) is 0 Å². The third kappa shape index (κ3) is 2.61. The molecule has 0 spiro atoms. The molecule has 1 aromatic carbocycles. The average Bonchev–Trinajstić information content (AvgIpc) is 2.87. The highest BCUT2D eigenvalue weighted by Crippen LogP contribution is 2.30. The third-order valence-electron chi connectivity index (χ3n) is 4.05. The SMILES string of the molecule is CCC1(CN(C)c2ccccc2OC)CCCN1. The smallest absolute Gasteiger partial charge is 0.142 e. The van der Waals surface area contributed by atoms with Gasteiger partial charge in [0.1, 0.15) is 5.75 Å². The zero-order chi connectivity index (χ0) is 13.0. The number of nitrogens with zero attached hydrogens (tertiary/aromatic N) is 1. The van der Waals surface area contributed by atoms with E-state index in [1.165, 1.54) is 24.9 Å². The highest BCUT2D eigenvalue weighted by Gasteiger charge is 2.33. The molecule has 1 aromatic rings. The standard InChI is InChI=1S/C15H24N2O/c1-4-15(10-7-11-16-15)12-17(2)13-8-5-6-9-14(13)18-3/h5-6,8-9,16H,4,7,10-12H2,1-3H3. The summed E-state index contributed by atoms with van der Waals surface area (Å²) in [5.74, 6) is 0.948. The van der Waals surface area contributed by atoms with Crippen molar-refractivity contribution in [1.82, 2.24) is 5.32 Å². The highest BCUT2D eigenvalue weighted by molar-refractivity contribution is 5.58. The predicted octanol–water partition coefficient (Wildman–Crippen LogP) is 2.66. The molecule has 0 radical (unpaired) electrons. The summed E-state index contributed by atoms with van der Waals surface area (Å²) in [7, 11) is 3.88. The van der Waals surface area contributed by atoms with E-state index in [0.29, 0.717) is 0 Å². The number of hydrogen-bond donors (Lipinski definition) is 1. The van der Waals surface area contributed by atoms with Crippen LogP contribution in [0.15, 0.2) is 24.3 Å². The molecule has 3 heteroatoms. The van der Waals surface area contributed by atoms with Gasteiger partial charge in [-0.3, -0.25) is 0 Å². The minimum Gasteiger partial charge on any atom is -0.495 e. The number of rotatable bonds is 5. The first-order valence-corrected chi connectivity index (χ1v) is 6.80. The molecular formula is C15H24N2O. The van der Waals surface area contributed by atoms with Gasteiger partial charge in [-0.2, -0.15) is 0 Å². The van der Waals surface area contributed by atoms with E-state index >= 15 is 0 Å². The van der Waals surface area contributed by atoms with Crippen molar-refractivity contribution in [1.29, 1.82) is 0 Å². The largest absolute Gasteiger partial charge is 0.495 e. The predicted molar refractivity (Wildman–Crippen MR) is 76.5 cm³/mol. The molecule has 0 saturated carbocycles. The lowest BCUT2D eigenvalue weighted by Crippen LogP contribution is -2.48. The first kappa shape index (κ1) is 13.2. The van der Waals surface area contributed by atoms with Crippen LogP contribution in [0.3, 0.4) is 0 Å². The summed E-state index contributed by atoms with van der Waals surface area (Å²) in [6.45, 7) is 4.45. The van der Waals surface area contributed by atoms with Crippen LogP contribution in [0.5, 0.6) is 5.75 Å². The van der Waals surface area contributed by atoms with E-state index < -0.39 is 0 Å². The molecule has 1 aliphatic rings. The number of para-hydroxylation sites is 2. The molecule has 1 saturated heterocycles. The number of benzene rings is 1. The van der Waals surface area contributed by atoms with E-state index in [2.05, 4.69) is 36.3 Å². The third-order valence-corrected chi connectivity index (χ3v) is 4.05. The summed E-state index contributed by atoms with van der Waals surface area (Å²) in [6.07, 6.45) is 3.73. The Bertz CT molecular complexity index is 386. The molecule has 0 aromatic heterocycles. The number of ether oxygens (including phenoxy) is 1. The maximum Gasteiger partial charge on any atom is 0.142 e. The Labute approximate surface area is 110 Å². The Hall–Kier alpha value is -1.22. The second kappa shape index (κ2) is 5.61. The fraction of sp³-hybridized carbons (Fsp3) is 0.600. The molecule has 1 unspecified atom stereocenters. The Morgan fingerprint density at radius 2 is 2.17 bits per heavy atom. The Morgan fingerprint density at radius 1 is 1.39 bits per heavy atom. The van der Waals surface area contributed by atoms with Gasteiger partial charge >= 0.3 is 0 Å². The van der Waals surface area contributed by atoms with Gasteiger partial charge in [0, 0.05) is 19.1 Å². The second-order valence-corrected chi connectivity index (χ2v) is 5.19. The quantitative estimate of drug-likeness (QED) is 0.867. The van der Waals surface area contributed by atoms with Gasteiger partial charge in [-0.15, -0.1) is 0 Å². The van der Waals surface area contributed by atoms with Gasteiger partial charge in [0.15, 0.2) is 0 Å². The molecule has 18 heavy (non-hydrogen) atoms. The zero-order valence-electron chi connectivity index (χ0n) is 11.7. The van der Waals surface area contributed by atoms with Crippen molar-refractivity contribution in [2.75, 3.05) is 32.1 Å². The van der Waals surface area contributed by atoms with E-state index in [-0.39, 0.29) is 5.54 Å². The number of nitrogens with one attached hydrogen (secondary N) is 1. The van der Waals surface area contributed by atoms with Crippen molar-refractivity contribution < 1.29 is 4.74 Å². The molecule has 1 atom stereocenters. The van der Waals surface area contributed by atoms with Crippen LogP contribution in [0.1, 0.15) is 26.2 Å². The maximum atomic E-state index is 5.44. The van der Waals surface area contributed by atoms with Crippen molar-refractivity contribution in [2.45, 2.75) is 31.7 Å². The van der Waals surface area contributed by atoms with E-state index in [0.717, 1.165) is 18.8 Å². The summed E-state index contributed by atoms with van der Waals surface area (Å²) in [6, 6.07) is 8.22. The Morgan fingerprint density at radius 3 is 2.78 bits per heavy atom. The lowest BCUT2D eigenvalue weighted by atomic mass is 9.93. The van der Waals surface area contributed by atoms with Gasteiger partial charge in [0.2, 0.25) is 0 Å². The van der Waals surface area contributed by atoms with Crippen LogP contribution < -0.4 is 15.0 Å². The van der Waals surface area contributed by atoms with Gasteiger partial charge in [-0.05, 0) is 37.9 Å². The highest BCUT2D eigenvalue weighted by atomic mass is 16.5. The van der Waals surface area contributed by atoms with Crippen LogP contribution in [0, 0.1) is 0 Å². The second-order valence-electron chi connectivity index (χ2n) is 5.19. The molecule has 2 rings (SSSR count). The van der Waals surface area contributed by atoms with Gasteiger partial charge in [-0.1, -0.05) is 19.1 Å². The molecule has 3 nitrogen and oxygen atoms in total. The Balaban J connectivity index is 2.13. The molecule has 1 N–H and O–H groups in total. The first-order chi connectivity index (χ1) is 8.71. The molecule has 0 bridgehead atoms. The molecule has 0 aliphatic carbocycles. The topological polar surface area (TPSA) is 24.5 Å². The monoisotopic (exact) mass is 248 g/mol. The van der Waals surface area contributed by atoms with E-state index in [4.69, 9.17) is 4.74 Å². The lowest BCUT2D eigenvalue weighted by molar-refractivity contribution is 0.364. The number of likely N-dealkylation sites (N-methyl/N-ethyl adjacent to an activating group) is 1. The molecule has 0 amide bonds. The van der Waals surface area contributed by atoms with Gasteiger partial charge in [-0.25, -0.2) is 0 Å². The van der Waals surface area contributed by atoms with Crippen LogP contribution in [-0.4, -0.2) is 32.8 Å². The molecule has 100 valence electrons. The lowest BCUT2D eigenvalue weighted by Gasteiger charge is -2.34. The van der Waals surface area contributed by atoms with Crippen molar-refractivity contribution in [3.05, 3.63) is 24.3 Å². The minimum absolute atomic E-state index is 0.273.